The summed E-state index contributed by atoms with van der Waals surface area (Å²) in [5, 5.41) is 0.409. The number of ether oxygens (including phenoxy) is 1. The van der Waals surface area contributed by atoms with Crippen LogP contribution in [0.15, 0.2) is 11.6 Å². The molecule has 1 saturated heterocycles. The minimum Gasteiger partial charge on any atom is -0.458 e. The van der Waals surface area contributed by atoms with Crippen LogP contribution in [0, 0.1) is 28.6 Å². The molecule has 29 heavy (non-hydrogen) atoms. The van der Waals surface area contributed by atoms with E-state index in [0.29, 0.717) is 30.6 Å². The van der Waals surface area contributed by atoms with Crippen LogP contribution in [0.1, 0.15) is 78.6 Å². The van der Waals surface area contributed by atoms with Gasteiger partial charge < -0.3 is 4.74 Å². The van der Waals surface area contributed by atoms with Gasteiger partial charge in [-0.1, -0.05) is 31.2 Å². The van der Waals surface area contributed by atoms with Crippen LogP contribution in [-0.4, -0.2) is 27.7 Å². The molecule has 0 aromatic rings. The van der Waals surface area contributed by atoms with Crippen molar-refractivity contribution in [3.05, 3.63) is 11.6 Å². The number of thioether (sulfide) groups is 1. The minimum atomic E-state index is -0.287. The van der Waals surface area contributed by atoms with Crippen LogP contribution >= 0.6 is 11.8 Å². The van der Waals surface area contributed by atoms with Gasteiger partial charge in [-0.05, 0) is 74.2 Å². The highest BCUT2D eigenvalue weighted by Crippen LogP contribution is 2.70. The van der Waals surface area contributed by atoms with Crippen molar-refractivity contribution in [3.8, 4) is 0 Å². The van der Waals surface area contributed by atoms with Gasteiger partial charge in [0.2, 0.25) is 0 Å². The lowest BCUT2D eigenvalue weighted by Gasteiger charge is -2.61. The molecule has 0 aromatic carbocycles. The van der Waals surface area contributed by atoms with Crippen LogP contribution < -0.4 is 0 Å². The summed E-state index contributed by atoms with van der Waals surface area (Å²) in [7, 11) is 0. The van der Waals surface area contributed by atoms with Gasteiger partial charge in [-0.2, -0.15) is 0 Å². The van der Waals surface area contributed by atoms with Crippen LogP contribution in [0.4, 0.5) is 0 Å². The van der Waals surface area contributed by atoms with Crippen LogP contribution in [-0.2, 0) is 19.1 Å². The van der Waals surface area contributed by atoms with Gasteiger partial charge >= 0.3 is 5.97 Å². The zero-order valence-electron chi connectivity index (χ0n) is 17.8. The summed E-state index contributed by atoms with van der Waals surface area (Å²) in [6.45, 7) is 6.42. The summed E-state index contributed by atoms with van der Waals surface area (Å²) in [5.74, 6) is 1.67. The van der Waals surface area contributed by atoms with E-state index in [4.69, 9.17) is 4.74 Å². The van der Waals surface area contributed by atoms with E-state index in [0.717, 1.165) is 44.9 Å². The van der Waals surface area contributed by atoms with E-state index >= 15 is 0 Å². The first-order valence-corrected chi connectivity index (χ1v) is 12.2. The van der Waals surface area contributed by atoms with E-state index in [-0.39, 0.29) is 38.5 Å². The first kappa shape index (κ1) is 19.8. The Bertz CT molecular complexity index is 818. The predicted molar refractivity (Wildman–Crippen MR) is 112 cm³/mol. The molecule has 158 valence electrons. The first-order valence-electron chi connectivity index (χ1n) is 11.3. The maximum absolute atomic E-state index is 12.2. The molecule has 0 aromatic heterocycles. The monoisotopic (exact) mass is 416 g/mol. The van der Waals surface area contributed by atoms with Crippen molar-refractivity contribution in [2.24, 2.45) is 28.6 Å². The molecule has 4 fully saturated rings. The van der Waals surface area contributed by atoms with E-state index in [9.17, 15) is 14.4 Å². The Labute approximate surface area is 177 Å². The number of carbonyl (C=O) groups excluding carboxylic acids is 3. The highest BCUT2D eigenvalue weighted by Gasteiger charge is 2.68. The molecular formula is C24H32O4S. The molecule has 0 radical (unpaired) electrons. The Morgan fingerprint density at radius 3 is 2.52 bits per heavy atom. The standard InChI is InChI=1S/C24H32O4S/c1-14(25)29-19-13-15-12-16(26)4-8-22(15,2)17-5-9-23(3)18(21(17)19)6-10-24(23)11-7-20(27)28-24/h12,17-19,21H,4-11,13H2,1-3H3/t17-,18-,19-,21-,22+,23+,24-/m1/s1. The lowest BCUT2D eigenvalue weighted by Crippen LogP contribution is -2.57. The molecule has 0 N–H and O–H groups in total. The fraction of sp³-hybridized carbons (Fsp3) is 0.792. The van der Waals surface area contributed by atoms with E-state index in [1.54, 1.807) is 6.92 Å². The van der Waals surface area contributed by atoms with Gasteiger partial charge in [0, 0.05) is 30.4 Å². The fourth-order valence-corrected chi connectivity index (χ4v) is 9.36. The number of ketones is 1. The molecule has 7 atom stereocenters. The Morgan fingerprint density at radius 2 is 1.83 bits per heavy atom. The van der Waals surface area contributed by atoms with Gasteiger partial charge in [0.15, 0.2) is 10.9 Å². The normalized spacial score (nSPS) is 48.6. The van der Waals surface area contributed by atoms with Crippen molar-refractivity contribution >= 4 is 28.6 Å². The SMILES string of the molecule is CC(=O)S[C@@H]1CC2=CC(=O)CC[C@]2(C)[C@@H]2CC[C@@]3(C)[C@H](CC[C@@]34CCC(=O)O4)[C@@H]21. The average molecular weight is 417 g/mol. The number of hydrogen-bond donors (Lipinski definition) is 0. The van der Waals surface area contributed by atoms with Gasteiger partial charge in [-0.15, -0.1) is 0 Å². The molecule has 1 heterocycles. The van der Waals surface area contributed by atoms with Crippen LogP contribution in [0.3, 0.4) is 0 Å². The average Bonchev–Trinajstić information content (AvgIpc) is 3.17. The molecule has 3 saturated carbocycles. The summed E-state index contributed by atoms with van der Waals surface area (Å²) < 4.78 is 6.06. The summed E-state index contributed by atoms with van der Waals surface area (Å²) >= 11 is 1.50. The lowest BCUT2D eigenvalue weighted by molar-refractivity contribution is -0.167. The van der Waals surface area contributed by atoms with Gasteiger partial charge in [0.1, 0.15) is 5.60 Å². The molecule has 0 unspecified atom stereocenters. The highest BCUT2D eigenvalue weighted by molar-refractivity contribution is 8.14. The highest BCUT2D eigenvalue weighted by atomic mass is 32.2. The van der Waals surface area contributed by atoms with Crippen LogP contribution in [0.25, 0.3) is 0 Å². The van der Waals surface area contributed by atoms with E-state index < -0.39 is 0 Å². The molecule has 5 heteroatoms. The molecule has 4 aliphatic carbocycles. The molecule has 5 rings (SSSR count). The second-order valence-electron chi connectivity index (χ2n) is 10.7. The Kier molecular flexibility index (Phi) is 4.41. The third kappa shape index (κ3) is 2.68. The number of esters is 1. The summed E-state index contributed by atoms with van der Waals surface area (Å²) in [6.07, 6.45) is 10.0. The topological polar surface area (TPSA) is 60.4 Å². The predicted octanol–water partition coefficient (Wildman–Crippen LogP) is 4.85. The third-order valence-electron chi connectivity index (χ3n) is 9.61. The number of rotatable bonds is 1. The molecule has 1 aliphatic heterocycles. The van der Waals surface area contributed by atoms with Gasteiger partial charge in [-0.3, -0.25) is 14.4 Å². The van der Waals surface area contributed by atoms with E-state index in [1.165, 1.54) is 17.3 Å². The van der Waals surface area contributed by atoms with Crippen molar-refractivity contribution in [2.75, 3.05) is 0 Å². The maximum atomic E-state index is 12.2. The smallest absolute Gasteiger partial charge is 0.306 e. The molecule has 1 spiro atoms. The Morgan fingerprint density at radius 1 is 1.07 bits per heavy atom. The number of hydrogen-bond acceptors (Lipinski definition) is 5. The Hall–Kier alpha value is -1.10. The molecule has 0 bridgehead atoms. The van der Waals surface area contributed by atoms with Gasteiger partial charge in [-0.25, -0.2) is 0 Å². The lowest BCUT2D eigenvalue weighted by atomic mass is 9.46. The third-order valence-corrected chi connectivity index (χ3v) is 10.7. The first-order chi connectivity index (χ1) is 13.7. The zero-order valence-corrected chi connectivity index (χ0v) is 18.6. The number of fused-ring (bicyclic) bond motifs is 6. The quantitative estimate of drug-likeness (QED) is 0.572. The van der Waals surface area contributed by atoms with Crippen molar-refractivity contribution in [1.82, 2.24) is 0 Å². The summed E-state index contributed by atoms with van der Waals surface area (Å²) in [4.78, 5) is 36.4. The molecule has 4 nitrogen and oxygen atoms in total. The zero-order chi connectivity index (χ0) is 20.6. The summed E-state index contributed by atoms with van der Waals surface area (Å²) in [6, 6.07) is 0. The Balaban J connectivity index is 1.56. The maximum Gasteiger partial charge on any atom is 0.306 e. The van der Waals surface area contributed by atoms with Crippen LogP contribution in [0.2, 0.25) is 0 Å². The fourth-order valence-electron chi connectivity index (χ4n) is 8.13. The van der Waals surface area contributed by atoms with Gasteiger partial charge in [0.25, 0.3) is 0 Å². The second kappa shape index (κ2) is 6.45. The van der Waals surface area contributed by atoms with Crippen molar-refractivity contribution in [1.29, 1.82) is 0 Å². The largest absolute Gasteiger partial charge is 0.458 e. The van der Waals surface area contributed by atoms with Crippen molar-refractivity contribution < 1.29 is 19.1 Å². The van der Waals surface area contributed by atoms with Crippen LogP contribution in [0.5, 0.6) is 0 Å². The summed E-state index contributed by atoms with van der Waals surface area (Å²) in [5.41, 5.74) is 1.09. The molecular weight excluding hydrogens is 384 g/mol. The van der Waals surface area contributed by atoms with Crippen molar-refractivity contribution in [3.63, 3.8) is 0 Å². The minimum absolute atomic E-state index is 0.0119. The van der Waals surface area contributed by atoms with E-state index in [1.807, 2.05) is 6.08 Å². The number of carbonyl (C=O) groups is 3. The molecule has 0 amide bonds. The van der Waals surface area contributed by atoms with Crippen molar-refractivity contribution in [2.45, 2.75) is 89.4 Å². The molecule has 5 aliphatic rings. The second-order valence-corrected chi connectivity index (χ2v) is 12.1. The van der Waals surface area contributed by atoms with E-state index in [2.05, 4.69) is 13.8 Å². The van der Waals surface area contributed by atoms with Gasteiger partial charge in [0.05, 0.1) is 0 Å². The number of allylic oxidation sites excluding steroid dienone is 1.